The molecule has 0 saturated heterocycles. The van der Waals surface area contributed by atoms with Gasteiger partial charge in [-0.05, 0) is 24.6 Å². The number of fused-ring (bicyclic) bond motifs is 1. The Labute approximate surface area is 90.0 Å². The van der Waals surface area contributed by atoms with Gasteiger partial charge in [0.25, 0.3) is 0 Å². The standard InChI is InChI=1S/C13H16N2/c1-10(14)6-7-11-4-3-5-13-12(11)8-9-15(13)2/h3-10H,14H2,1-2H3/b7-6+. The Morgan fingerprint density at radius 1 is 1.33 bits per heavy atom. The molecule has 2 N–H and O–H groups in total. The van der Waals surface area contributed by atoms with Crippen LogP contribution in [0.2, 0.25) is 0 Å². The van der Waals surface area contributed by atoms with E-state index in [1.807, 2.05) is 13.0 Å². The molecule has 2 aromatic rings. The molecule has 0 aliphatic carbocycles. The zero-order valence-corrected chi connectivity index (χ0v) is 9.14. The van der Waals surface area contributed by atoms with E-state index < -0.39 is 0 Å². The van der Waals surface area contributed by atoms with Gasteiger partial charge in [-0.15, -0.1) is 0 Å². The summed E-state index contributed by atoms with van der Waals surface area (Å²) in [5.74, 6) is 0. The van der Waals surface area contributed by atoms with Gasteiger partial charge in [-0.1, -0.05) is 24.3 Å². The lowest BCUT2D eigenvalue weighted by Crippen LogP contribution is -2.09. The van der Waals surface area contributed by atoms with Crippen molar-refractivity contribution in [2.24, 2.45) is 12.8 Å². The summed E-state index contributed by atoms with van der Waals surface area (Å²) in [4.78, 5) is 0. The molecular formula is C13H16N2. The Hall–Kier alpha value is -1.54. The second kappa shape index (κ2) is 3.91. The summed E-state index contributed by atoms with van der Waals surface area (Å²) in [6.45, 7) is 1.97. The molecule has 0 aliphatic rings. The second-order valence-corrected chi connectivity index (χ2v) is 3.92. The van der Waals surface area contributed by atoms with Crippen LogP contribution in [0.1, 0.15) is 12.5 Å². The molecule has 1 aromatic heterocycles. The Morgan fingerprint density at radius 3 is 2.87 bits per heavy atom. The molecule has 0 amide bonds. The lowest BCUT2D eigenvalue weighted by atomic mass is 10.1. The molecule has 0 bridgehead atoms. The summed E-state index contributed by atoms with van der Waals surface area (Å²) < 4.78 is 2.12. The Balaban J connectivity index is 2.52. The molecule has 1 aromatic carbocycles. The number of rotatable bonds is 2. The summed E-state index contributed by atoms with van der Waals surface area (Å²) in [5, 5.41) is 1.27. The van der Waals surface area contributed by atoms with Crippen molar-refractivity contribution in [1.82, 2.24) is 4.57 Å². The van der Waals surface area contributed by atoms with Crippen molar-refractivity contribution < 1.29 is 0 Å². The maximum absolute atomic E-state index is 5.70. The number of hydrogen-bond acceptors (Lipinski definition) is 1. The molecule has 1 atom stereocenters. The molecule has 2 rings (SSSR count). The molecule has 0 radical (unpaired) electrons. The summed E-state index contributed by atoms with van der Waals surface area (Å²) in [6.07, 6.45) is 6.18. The topological polar surface area (TPSA) is 30.9 Å². The van der Waals surface area contributed by atoms with Crippen LogP contribution in [0, 0.1) is 0 Å². The lowest BCUT2D eigenvalue weighted by molar-refractivity contribution is 0.931. The highest BCUT2D eigenvalue weighted by Gasteiger charge is 2.00. The van der Waals surface area contributed by atoms with E-state index in [1.165, 1.54) is 16.5 Å². The average molecular weight is 200 g/mol. The minimum atomic E-state index is 0.101. The van der Waals surface area contributed by atoms with E-state index in [9.17, 15) is 0 Å². The first kappa shape index (κ1) is 9.99. The quantitative estimate of drug-likeness (QED) is 0.793. The van der Waals surface area contributed by atoms with Crippen molar-refractivity contribution in [2.45, 2.75) is 13.0 Å². The Morgan fingerprint density at radius 2 is 2.13 bits per heavy atom. The van der Waals surface area contributed by atoms with Gasteiger partial charge in [0.1, 0.15) is 0 Å². The number of hydrogen-bond donors (Lipinski definition) is 1. The van der Waals surface area contributed by atoms with Crippen LogP contribution in [0.15, 0.2) is 36.5 Å². The van der Waals surface area contributed by atoms with E-state index in [4.69, 9.17) is 5.73 Å². The van der Waals surface area contributed by atoms with E-state index in [2.05, 4.69) is 48.2 Å². The van der Waals surface area contributed by atoms with Gasteiger partial charge in [0.05, 0.1) is 0 Å². The zero-order valence-electron chi connectivity index (χ0n) is 9.14. The molecular weight excluding hydrogens is 184 g/mol. The summed E-state index contributed by atoms with van der Waals surface area (Å²) in [5.41, 5.74) is 8.18. The predicted octanol–water partition coefficient (Wildman–Crippen LogP) is 2.54. The van der Waals surface area contributed by atoms with Crippen molar-refractivity contribution in [3.63, 3.8) is 0 Å². The summed E-state index contributed by atoms with van der Waals surface area (Å²) >= 11 is 0. The first-order valence-electron chi connectivity index (χ1n) is 5.16. The molecule has 0 fully saturated rings. The van der Waals surface area contributed by atoms with Crippen molar-refractivity contribution >= 4 is 17.0 Å². The highest BCUT2D eigenvalue weighted by atomic mass is 14.9. The van der Waals surface area contributed by atoms with Crippen molar-refractivity contribution in [3.05, 3.63) is 42.1 Å². The molecule has 2 heteroatoms. The normalized spacial score (nSPS) is 13.8. The van der Waals surface area contributed by atoms with Gasteiger partial charge in [0.2, 0.25) is 0 Å². The van der Waals surface area contributed by atoms with Gasteiger partial charge in [0, 0.05) is 30.2 Å². The van der Waals surface area contributed by atoms with E-state index in [0.29, 0.717) is 0 Å². The molecule has 15 heavy (non-hydrogen) atoms. The molecule has 1 heterocycles. The fraction of sp³-hybridized carbons (Fsp3) is 0.231. The number of benzene rings is 1. The lowest BCUT2D eigenvalue weighted by Gasteiger charge is -2.00. The Bertz CT molecular complexity index is 492. The molecule has 2 nitrogen and oxygen atoms in total. The maximum atomic E-state index is 5.70. The third-order valence-electron chi connectivity index (χ3n) is 2.54. The van der Waals surface area contributed by atoms with Gasteiger partial charge < -0.3 is 10.3 Å². The van der Waals surface area contributed by atoms with Gasteiger partial charge in [0.15, 0.2) is 0 Å². The van der Waals surface area contributed by atoms with Gasteiger partial charge in [-0.3, -0.25) is 0 Å². The minimum absolute atomic E-state index is 0.101. The predicted molar refractivity (Wildman–Crippen MR) is 65.6 cm³/mol. The second-order valence-electron chi connectivity index (χ2n) is 3.92. The van der Waals surface area contributed by atoms with Gasteiger partial charge >= 0.3 is 0 Å². The number of nitrogens with zero attached hydrogens (tertiary/aromatic N) is 1. The monoisotopic (exact) mass is 200 g/mol. The third-order valence-corrected chi connectivity index (χ3v) is 2.54. The summed E-state index contributed by atoms with van der Waals surface area (Å²) in [7, 11) is 2.06. The first-order chi connectivity index (χ1) is 7.18. The van der Waals surface area contributed by atoms with Crippen LogP contribution in [-0.2, 0) is 7.05 Å². The maximum Gasteiger partial charge on any atom is 0.0483 e. The smallest absolute Gasteiger partial charge is 0.0483 e. The van der Waals surface area contributed by atoms with Crippen LogP contribution in [0.4, 0.5) is 0 Å². The van der Waals surface area contributed by atoms with Crippen molar-refractivity contribution in [2.75, 3.05) is 0 Å². The van der Waals surface area contributed by atoms with E-state index >= 15 is 0 Å². The summed E-state index contributed by atoms with van der Waals surface area (Å²) in [6, 6.07) is 8.54. The SMILES string of the molecule is CC(N)/C=C/c1cccc2c1ccn2C. The van der Waals surface area contributed by atoms with Crippen LogP contribution >= 0.6 is 0 Å². The third kappa shape index (κ3) is 1.95. The molecule has 0 aliphatic heterocycles. The highest BCUT2D eigenvalue weighted by molar-refractivity contribution is 5.89. The van der Waals surface area contributed by atoms with E-state index in [-0.39, 0.29) is 6.04 Å². The fourth-order valence-electron chi connectivity index (χ4n) is 1.73. The largest absolute Gasteiger partial charge is 0.351 e. The van der Waals surface area contributed by atoms with E-state index in [0.717, 1.165) is 0 Å². The van der Waals surface area contributed by atoms with Crippen LogP contribution < -0.4 is 5.73 Å². The van der Waals surface area contributed by atoms with E-state index in [1.54, 1.807) is 0 Å². The fourth-order valence-corrected chi connectivity index (χ4v) is 1.73. The molecule has 1 unspecified atom stereocenters. The molecule has 0 spiro atoms. The van der Waals surface area contributed by atoms with Crippen LogP contribution in [0.3, 0.4) is 0 Å². The van der Waals surface area contributed by atoms with Crippen molar-refractivity contribution in [1.29, 1.82) is 0 Å². The van der Waals surface area contributed by atoms with Crippen molar-refractivity contribution in [3.8, 4) is 0 Å². The number of nitrogens with two attached hydrogens (primary N) is 1. The highest BCUT2D eigenvalue weighted by Crippen LogP contribution is 2.20. The van der Waals surface area contributed by atoms with Crippen LogP contribution in [-0.4, -0.2) is 10.6 Å². The molecule has 0 saturated carbocycles. The molecule has 78 valence electrons. The minimum Gasteiger partial charge on any atom is -0.351 e. The van der Waals surface area contributed by atoms with Crippen LogP contribution in [0.25, 0.3) is 17.0 Å². The average Bonchev–Trinajstić information content (AvgIpc) is 2.58. The zero-order chi connectivity index (χ0) is 10.8. The Kier molecular flexibility index (Phi) is 2.60. The first-order valence-corrected chi connectivity index (χ1v) is 5.16. The number of aryl methyl sites for hydroxylation is 1. The van der Waals surface area contributed by atoms with Crippen LogP contribution in [0.5, 0.6) is 0 Å². The van der Waals surface area contributed by atoms with Gasteiger partial charge in [-0.2, -0.15) is 0 Å². The number of aromatic nitrogens is 1. The van der Waals surface area contributed by atoms with Gasteiger partial charge in [-0.25, -0.2) is 0 Å².